The van der Waals surface area contributed by atoms with Gasteiger partial charge in [-0.05, 0) is 54.2 Å². The van der Waals surface area contributed by atoms with Crippen LogP contribution in [0.5, 0.6) is 0 Å². The van der Waals surface area contributed by atoms with Gasteiger partial charge in [0, 0.05) is 16.1 Å². The van der Waals surface area contributed by atoms with E-state index in [2.05, 4.69) is 26.2 Å². The molecular weight excluding hydrogens is 467 g/mol. The molecule has 8 heteroatoms. The second-order valence-electron chi connectivity index (χ2n) is 5.79. The third-order valence-corrected chi connectivity index (χ3v) is 5.54. The third kappa shape index (κ3) is 4.22. The van der Waals surface area contributed by atoms with Crippen LogP contribution in [0.25, 0.3) is 17.4 Å². The quantitative estimate of drug-likeness (QED) is 0.445. The maximum absolute atomic E-state index is 13.2. The molecule has 1 aliphatic rings. The Morgan fingerprint density at radius 1 is 1.14 bits per heavy atom. The van der Waals surface area contributed by atoms with Gasteiger partial charge in [-0.1, -0.05) is 39.7 Å². The fourth-order valence-corrected chi connectivity index (χ4v) is 3.74. The zero-order chi connectivity index (χ0) is 19.7. The van der Waals surface area contributed by atoms with Crippen molar-refractivity contribution in [1.82, 2.24) is 5.32 Å². The van der Waals surface area contributed by atoms with Crippen molar-refractivity contribution >= 4 is 62.1 Å². The lowest BCUT2D eigenvalue weighted by atomic mass is 10.2. The highest BCUT2D eigenvalue weighted by atomic mass is 79.9. The average molecular weight is 478 g/mol. The molecule has 0 saturated carbocycles. The van der Waals surface area contributed by atoms with Crippen molar-refractivity contribution in [3.05, 3.63) is 80.6 Å². The fraction of sp³-hybridized carbons (Fsp3) is 0. The molecule has 0 atom stereocenters. The van der Waals surface area contributed by atoms with Crippen LogP contribution in [-0.2, 0) is 4.79 Å². The van der Waals surface area contributed by atoms with Crippen LogP contribution in [0.3, 0.4) is 0 Å². The number of amides is 1. The van der Waals surface area contributed by atoms with E-state index >= 15 is 0 Å². The first-order valence-corrected chi connectivity index (χ1v) is 10.1. The molecule has 140 valence electrons. The topological polar surface area (TPSA) is 54.6 Å². The van der Waals surface area contributed by atoms with E-state index in [1.54, 1.807) is 12.1 Å². The van der Waals surface area contributed by atoms with Gasteiger partial charge in [-0.3, -0.25) is 4.79 Å². The van der Waals surface area contributed by atoms with Crippen LogP contribution in [0.4, 0.5) is 10.1 Å². The van der Waals surface area contributed by atoms with Gasteiger partial charge in [0.25, 0.3) is 5.91 Å². The number of thioether (sulfide) groups is 1. The zero-order valence-corrected chi connectivity index (χ0v) is 17.2. The van der Waals surface area contributed by atoms with Crippen molar-refractivity contribution in [2.75, 3.05) is 0 Å². The molecule has 1 fully saturated rings. The lowest BCUT2D eigenvalue weighted by molar-refractivity contribution is -0.115. The molecule has 2 aromatic carbocycles. The highest BCUT2D eigenvalue weighted by molar-refractivity contribution is 9.10. The first-order chi connectivity index (χ1) is 13.5. The first-order valence-electron chi connectivity index (χ1n) is 8.08. The molecule has 1 aromatic heterocycles. The summed E-state index contributed by atoms with van der Waals surface area (Å²) in [7, 11) is 0. The molecule has 28 heavy (non-hydrogen) atoms. The number of carbonyl (C=O) groups excluding carboxylic acids is 1. The van der Waals surface area contributed by atoms with Gasteiger partial charge < -0.3 is 9.73 Å². The molecule has 0 radical (unpaired) electrons. The highest BCUT2D eigenvalue weighted by Crippen LogP contribution is 2.31. The van der Waals surface area contributed by atoms with E-state index in [9.17, 15) is 9.18 Å². The molecule has 1 amide bonds. The lowest BCUT2D eigenvalue weighted by Crippen LogP contribution is -2.19. The van der Waals surface area contributed by atoms with Crippen LogP contribution in [-0.4, -0.2) is 11.1 Å². The molecule has 1 saturated heterocycles. The summed E-state index contributed by atoms with van der Waals surface area (Å²) in [6, 6.07) is 15.5. The van der Waals surface area contributed by atoms with Gasteiger partial charge in [0.15, 0.2) is 5.17 Å². The van der Waals surface area contributed by atoms with E-state index in [0.717, 1.165) is 10.0 Å². The number of nitrogens with zero attached hydrogens (tertiary/aromatic N) is 1. The number of nitrogens with one attached hydrogen (secondary N) is 1. The summed E-state index contributed by atoms with van der Waals surface area (Å²) >= 11 is 10.3. The summed E-state index contributed by atoms with van der Waals surface area (Å²) in [6.45, 7) is 0. The molecule has 3 aromatic rings. The van der Waals surface area contributed by atoms with Crippen LogP contribution in [0.2, 0.25) is 5.02 Å². The summed E-state index contributed by atoms with van der Waals surface area (Å²) in [5.74, 6) is 0.464. The van der Waals surface area contributed by atoms with E-state index in [0.29, 0.717) is 27.3 Å². The number of carbonyl (C=O) groups is 1. The van der Waals surface area contributed by atoms with Crippen LogP contribution >= 0.6 is 39.3 Å². The Morgan fingerprint density at radius 3 is 2.68 bits per heavy atom. The Balaban J connectivity index is 1.54. The lowest BCUT2D eigenvalue weighted by Gasteiger charge is -1.98. The maximum atomic E-state index is 13.2. The molecular formula is C20H11BrClFN2O2S. The third-order valence-electron chi connectivity index (χ3n) is 3.81. The summed E-state index contributed by atoms with van der Waals surface area (Å²) in [6.07, 6.45) is 1.66. The minimum Gasteiger partial charge on any atom is -0.457 e. The minimum atomic E-state index is -0.520. The van der Waals surface area contributed by atoms with Crippen LogP contribution in [0.15, 0.2) is 73.4 Å². The Morgan fingerprint density at radius 2 is 1.93 bits per heavy atom. The van der Waals surface area contributed by atoms with Crippen LogP contribution in [0.1, 0.15) is 5.76 Å². The number of furan rings is 1. The second-order valence-corrected chi connectivity index (χ2v) is 8.14. The molecule has 2 heterocycles. The number of amidine groups is 1. The SMILES string of the molecule is O=C1NC(=Nc2ccc(F)c(Cl)c2)SC1=Cc1ccc(-c2ccc(Br)cc2)o1. The molecule has 0 aliphatic carbocycles. The maximum Gasteiger partial charge on any atom is 0.264 e. The Kier molecular flexibility index (Phi) is 5.39. The van der Waals surface area contributed by atoms with Gasteiger partial charge in [0.1, 0.15) is 17.3 Å². The van der Waals surface area contributed by atoms with Crippen LogP contribution in [0, 0.1) is 5.82 Å². The monoisotopic (exact) mass is 476 g/mol. The fourth-order valence-electron chi connectivity index (χ4n) is 2.48. The van der Waals surface area contributed by atoms with Crippen LogP contribution < -0.4 is 5.32 Å². The van der Waals surface area contributed by atoms with E-state index in [1.165, 1.54) is 30.0 Å². The second kappa shape index (κ2) is 7.95. The van der Waals surface area contributed by atoms with E-state index in [4.69, 9.17) is 16.0 Å². The van der Waals surface area contributed by atoms with Gasteiger partial charge in [0.05, 0.1) is 15.6 Å². The van der Waals surface area contributed by atoms with Gasteiger partial charge >= 0.3 is 0 Å². The largest absolute Gasteiger partial charge is 0.457 e. The predicted molar refractivity (Wildman–Crippen MR) is 114 cm³/mol. The van der Waals surface area contributed by atoms with Crippen molar-refractivity contribution in [3.63, 3.8) is 0 Å². The summed E-state index contributed by atoms with van der Waals surface area (Å²) in [5, 5.41) is 3.04. The average Bonchev–Trinajstić information content (AvgIpc) is 3.26. The Bertz CT molecular complexity index is 1130. The van der Waals surface area contributed by atoms with Gasteiger partial charge in [-0.2, -0.15) is 0 Å². The Labute approximate surface area is 177 Å². The summed E-state index contributed by atoms with van der Waals surface area (Å²) < 4.78 is 20.0. The number of rotatable bonds is 3. The first kappa shape index (κ1) is 19.0. The number of hydrogen-bond donors (Lipinski definition) is 1. The molecule has 0 unspecified atom stereocenters. The summed E-state index contributed by atoms with van der Waals surface area (Å²) in [4.78, 5) is 16.9. The van der Waals surface area contributed by atoms with E-state index in [1.807, 2.05) is 30.3 Å². The van der Waals surface area contributed by atoms with Crippen molar-refractivity contribution in [2.24, 2.45) is 4.99 Å². The van der Waals surface area contributed by atoms with Crippen molar-refractivity contribution in [3.8, 4) is 11.3 Å². The molecule has 4 nitrogen and oxygen atoms in total. The minimum absolute atomic E-state index is 0.0250. The van der Waals surface area contributed by atoms with E-state index < -0.39 is 5.82 Å². The number of hydrogen-bond acceptors (Lipinski definition) is 4. The van der Waals surface area contributed by atoms with Crippen molar-refractivity contribution in [1.29, 1.82) is 0 Å². The molecule has 1 N–H and O–H groups in total. The van der Waals surface area contributed by atoms with Crippen molar-refractivity contribution < 1.29 is 13.6 Å². The molecule has 0 bridgehead atoms. The smallest absolute Gasteiger partial charge is 0.264 e. The van der Waals surface area contributed by atoms with Gasteiger partial charge in [-0.15, -0.1) is 0 Å². The number of aliphatic imine (C=N–C) groups is 1. The highest BCUT2D eigenvalue weighted by Gasteiger charge is 2.24. The summed E-state index contributed by atoms with van der Waals surface area (Å²) in [5.41, 5.74) is 1.39. The zero-order valence-electron chi connectivity index (χ0n) is 14.1. The van der Waals surface area contributed by atoms with E-state index in [-0.39, 0.29) is 10.9 Å². The normalized spacial score (nSPS) is 16.8. The number of benzene rings is 2. The molecule has 1 aliphatic heterocycles. The Hall–Kier alpha value is -2.35. The standard InChI is InChI=1S/C20H11BrClFN2O2S/c21-12-3-1-11(2-4-12)17-8-6-14(27-17)10-18-19(26)25-20(28-18)24-13-5-7-16(23)15(22)9-13/h1-10H,(H,24,25,26). The van der Waals surface area contributed by atoms with Gasteiger partial charge in [-0.25, -0.2) is 9.38 Å². The van der Waals surface area contributed by atoms with Crippen molar-refractivity contribution in [2.45, 2.75) is 0 Å². The molecule has 4 rings (SSSR count). The van der Waals surface area contributed by atoms with Gasteiger partial charge in [0.2, 0.25) is 0 Å². The number of halogens is 3. The predicted octanol–water partition coefficient (Wildman–Crippen LogP) is 6.39. The molecule has 0 spiro atoms.